The van der Waals surface area contributed by atoms with Crippen molar-refractivity contribution in [3.8, 4) is 0 Å². The molecule has 0 radical (unpaired) electrons. The Kier molecular flexibility index (Phi) is 4.11. The molecule has 0 aromatic rings. The summed E-state index contributed by atoms with van der Waals surface area (Å²) in [4.78, 5) is 10.2. The topological polar surface area (TPSA) is 29.1 Å². The van der Waals surface area contributed by atoms with Crippen LogP contribution in [0.1, 0.15) is 6.92 Å². The molecule has 0 spiro atoms. The van der Waals surface area contributed by atoms with Crippen molar-refractivity contribution in [1.29, 1.82) is 0 Å². The van der Waals surface area contributed by atoms with Crippen molar-refractivity contribution in [2.24, 2.45) is 0 Å². The monoisotopic (exact) mass is 151 g/mol. The second kappa shape index (κ2) is 4.04. The molecular formula is C4H10NOPS. The lowest BCUT2D eigenvalue weighted by Gasteiger charge is -1.90. The van der Waals surface area contributed by atoms with E-state index in [1.807, 2.05) is 0 Å². The molecule has 0 aliphatic carbocycles. The third-order valence-corrected chi connectivity index (χ3v) is 2.53. The summed E-state index contributed by atoms with van der Waals surface area (Å²) in [6.45, 7) is 1.53. The Morgan fingerprint density at radius 2 is 2.12 bits per heavy atom. The summed E-state index contributed by atoms with van der Waals surface area (Å²) in [5.74, 6) is 0.0490. The molecule has 0 bridgehead atoms. The summed E-state index contributed by atoms with van der Waals surface area (Å²) in [5, 5.41) is 2.69. The molecule has 0 aliphatic heterocycles. The van der Waals surface area contributed by atoms with Crippen molar-refractivity contribution in [3.63, 3.8) is 0 Å². The molecule has 1 N–H and O–H groups in total. The molecule has 2 nitrogen and oxygen atoms in total. The molecule has 0 unspecified atom stereocenters. The van der Waals surface area contributed by atoms with Gasteiger partial charge in [-0.1, -0.05) is 0 Å². The summed E-state index contributed by atoms with van der Waals surface area (Å²) in [7, 11) is 1.34. The van der Waals surface area contributed by atoms with E-state index in [0.717, 1.165) is 7.51 Å². The first-order valence-corrected chi connectivity index (χ1v) is 5.72. The minimum atomic E-state index is 0.0490. The molecule has 0 rings (SSSR count). The Morgan fingerprint density at radius 1 is 1.62 bits per heavy atom. The van der Waals surface area contributed by atoms with Gasteiger partial charge < -0.3 is 5.09 Å². The zero-order chi connectivity index (χ0) is 6.57. The summed E-state index contributed by atoms with van der Waals surface area (Å²) in [5.41, 5.74) is 0. The van der Waals surface area contributed by atoms with E-state index in [-0.39, 0.29) is 5.91 Å². The molecular weight excluding hydrogens is 141 g/mol. The second-order valence-corrected chi connectivity index (χ2v) is 6.22. The van der Waals surface area contributed by atoms with Crippen LogP contribution in [0, 0.1) is 0 Å². The molecule has 0 atom stereocenters. The van der Waals surface area contributed by atoms with Gasteiger partial charge in [0.05, 0.1) is 0 Å². The van der Waals surface area contributed by atoms with Gasteiger partial charge in [0.1, 0.15) is 0 Å². The third-order valence-electron chi connectivity index (χ3n) is 0.386. The Balaban J connectivity index is 3.45. The van der Waals surface area contributed by atoms with Crippen LogP contribution in [-0.2, 0) is 14.9 Å². The van der Waals surface area contributed by atoms with Gasteiger partial charge in [-0.3, -0.25) is 4.79 Å². The van der Waals surface area contributed by atoms with Crippen molar-refractivity contribution in [3.05, 3.63) is 0 Å². The maximum absolute atomic E-state index is 10.2. The van der Waals surface area contributed by atoms with E-state index in [0.29, 0.717) is 10.1 Å². The zero-order valence-corrected chi connectivity index (χ0v) is 6.97. The predicted octanol–water partition coefficient (Wildman–Crippen LogP) is 0.777. The quantitative estimate of drug-likeness (QED) is 0.551. The Morgan fingerprint density at radius 3 is 2.25 bits per heavy atom. The average molecular weight is 151 g/mol. The van der Waals surface area contributed by atoms with Gasteiger partial charge in [-0.05, 0) is 12.5 Å². The standard InChI is InChI=1S/C4H10NOPS/c1-4(6)5-7-8(2)3/h1-3H3,(H,5,6). The largest absolute Gasteiger partial charge is 0.304 e. The van der Waals surface area contributed by atoms with Crippen LogP contribution in [0.3, 0.4) is 0 Å². The minimum Gasteiger partial charge on any atom is -0.304 e. The highest BCUT2D eigenvalue weighted by Crippen LogP contribution is 1.91. The van der Waals surface area contributed by atoms with Crippen LogP contribution in [0.5, 0.6) is 0 Å². The van der Waals surface area contributed by atoms with E-state index in [4.69, 9.17) is 0 Å². The van der Waals surface area contributed by atoms with Crippen LogP contribution in [0.4, 0.5) is 0 Å². The van der Waals surface area contributed by atoms with Crippen LogP contribution in [0.15, 0.2) is 0 Å². The van der Waals surface area contributed by atoms with Crippen molar-refractivity contribution >= 4 is 23.5 Å². The number of hydrogen-bond donors (Lipinski definition) is 1. The van der Waals surface area contributed by atoms with Crippen molar-refractivity contribution < 1.29 is 4.79 Å². The normalized spacial score (nSPS) is 10.0. The van der Waals surface area contributed by atoms with Crippen molar-refractivity contribution in [1.82, 2.24) is 5.09 Å². The van der Waals surface area contributed by atoms with Gasteiger partial charge in [-0.25, -0.2) is 0 Å². The van der Waals surface area contributed by atoms with Crippen molar-refractivity contribution in [2.45, 2.75) is 6.92 Å². The molecule has 0 aromatic heterocycles. The highest BCUT2D eigenvalue weighted by molar-refractivity contribution is 8.19. The van der Waals surface area contributed by atoms with Crippen LogP contribution in [-0.4, -0.2) is 18.4 Å². The first kappa shape index (κ1) is 8.12. The predicted molar refractivity (Wildman–Crippen MR) is 39.9 cm³/mol. The fourth-order valence-corrected chi connectivity index (χ4v) is 1.40. The third kappa shape index (κ3) is 6.12. The van der Waals surface area contributed by atoms with Gasteiger partial charge in [0, 0.05) is 14.4 Å². The van der Waals surface area contributed by atoms with E-state index < -0.39 is 0 Å². The van der Waals surface area contributed by atoms with Gasteiger partial charge in [0.15, 0.2) is 0 Å². The van der Waals surface area contributed by atoms with Gasteiger partial charge in [0.2, 0.25) is 5.91 Å². The number of carbonyl (C=O) groups is 1. The van der Waals surface area contributed by atoms with Crippen LogP contribution >= 0.6 is 7.51 Å². The van der Waals surface area contributed by atoms with Gasteiger partial charge in [-0.15, -0.1) is 10.1 Å². The van der Waals surface area contributed by atoms with Crippen LogP contribution in [0.2, 0.25) is 0 Å². The minimum absolute atomic E-state index is 0.0490. The van der Waals surface area contributed by atoms with E-state index in [2.05, 4.69) is 17.6 Å². The first-order chi connectivity index (χ1) is 3.63. The van der Waals surface area contributed by atoms with Crippen molar-refractivity contribution in [2.75, 3.05) is 12.5 Å². The van der Waals surface area contributed by atoms with Crippen LogP contribution in [0.25, 0.3) is 0 Å². The zero-order valence-electron chi connectivity index (χ0n) is 5.26. The Labute approximate surface area is 53.5 Å². The van der Waals surface area contributed by atoms with Gasteiger partial charge in [-0.2, -0.15) is 0 Å². The SMILES string of the molecule is CC(=O)NP=S(C)C. The smallest absolute Gasteiger partial charge is 0.224 e. The summed E-state index contributed by atoms with van der Waals surface area (Å²) < 4.78 is 0. The average Bonchev–Trinajstić information content (AvgIpc) is 1.61. The molecule has 0 fully saturated rings. The molecule has 4 heteroatoms. The molecule has 8 heavy (non-hydrogen) atoms. The lowest BCUT2D eigenvalue weighted by atomic mass is 10.8. The molecule has 0 aliphatic rings. The number of hydrogen-bond acceptors (Lipinski definition) is 1. The number of nitrogens with one attached hydrogen (secondary N) is 1. The lowest BCUT2D eigenvalue weighted by molar-refractivity contribution is -0.117. The highest BCUT2D eigenvalue weighted by Gasteiger charge is 1.81. The lowest BCUT2D eigenvalue weighted by Crippen LogP contribution is -2.06. The maximum atomic E-state index is 10.2. The van der Waals surface area contributed by atoms with E-state index >= 15 is 0 Å². The maximum Gasteiger partial charge on any atom is 0.224 e. The molecule has 1 amide bonds. The Hall–Kier alpha value is 0.120. The van der Waals surface area contributed by atoms with E-state index in [1.54, 1.807) is 0 Å². The fraction of sp³-hybridized carbons (Fsp3) is 0.750. The number of carbonyl (C=O) groups excluding carboxylic acids is 1. The first-order valence-electron chi connectivity index (χ1n) is 2.18. The summed E-state index contributed by atoms with van der Waals surface area (Å²) in [6.07, 6.45) is 4.16. The molecule has 0 heterocycles. The van der Waals surface area contributed by atoms with Crippen LogP contribution < -0.4 is 5.09 Å². The molecule has 0 saturated carbocycles. The van der Waals surface area contributed by atoms with Gasteiger partial charge in [0.25, 0.3) is 0 Å². The second-order valence-electron chi connectivity index (χ2n) is 1.53. The molecule has 0 aromatic carbocycles. The Bertz CT molecular complexity index is 119. The molecule has 48 valence electrons. The summed E-state index contributed by atoms with van der Waals surface area (Å²) in [6, 6.07) is 0. The highest BCUT2D eigenvalue weighted by atomic mass is 32.5. The van der Waals surface area contributed by atoms with Gasteiger partial charge >= 0.3 is 0 Å². The number of rotatable bonds is 1. The van der Waals surface area contributed by atoms with E-state index in [9.17, 15) is 4.79 Å². The number of amides is 1. The molecule has 0 saturated heterocycles. The van der Waals surface area contributed by atoms with E-state index in [1.165, 1.54) is 6.92 Å². The summed E-state index contributed by atoms with van der Waals surface area (Å²) >= 11 is 0. The fourth-order valence-electron chi connectivity index (χ4n) is 0.156.